The second kappa shape index (κ2) is 7.44. The SMILES string of the molecule is CO/C(=N\S(=O)C(C)(C)C)[C@@]1(c2ccccc2)O[C@@H]1c1ccc(OC)cc1. The van der Waals surface area contributed by atoms with Crippen molar-refractivity contribution in [3.8, 4) is 5.75 Å². The third-order valence-electron chi connectivity index (χ3n) is 4.44. The van der Waals surface area contributed by atoms with Crippen molar-refractivity contribution in [1.29, 1.82) is 0 Å². The Hall–Kier alpha value is -2.18. The van der Waals surface area contributed by atoms with Crippen LogP contribution in [0.4, 0.5) is 0 Å². The predicted molar refractivity (Wildman–Crippen MR) is 107 cm³/mol. The van der Waals surface area contributed by atoms with E-state index >= 15 is 0 Å². The van der Waals surface area contributed by atoms with Crippen LogP contribution >= 0.6 is 0 Å². The minimum atomic E-state index is -1.46. The number of methoxy groups -OCH3 is 2. The molecule has 0 saturated carbocycles. The van der Waals surface area contributed by atoms with Gasteiger partial charge < -0.3 is 14.2 Å². The molecule has 5 nitrogen and oxygen atoms in total. The summed E-state index contributed by atoms with van der Waals surface area (Å²) in [5, 5.41) is 0. The van der Waals surface area contributed by atoms with Crippen LogP contribution in [0, 0.1) is 0 Å². The van der Waals surface area contributed by atoms with Crippen LogP contribution in [0.5, 0.6) is 5.75 Å². The Morgan fingerprint density at radius 2 is 1.70 bits per heavy atom. The molecule has 1 heterocycles. The number of hydrogen-bond acceptors (Lipinski definition) is 4. The fraction of sp³-hybridized carbons (Fsp3) is 0.381. The highest BCUT2D eigenvalue weighted by Crippen LogP contribution is 2.58. The molecular weight excluding hydrogens is 362 g/mol. The van der Waals surface area contributed by atoms with Crippen molar-refractivity contribution in [2.24, 2.45) is 4.40 Å². The van der Waals surface area contributed by atoms with Gasteiger partial charge in [-0.3, -0.25) is 0 Å². The van der Waals surface area contributed by atoms with E-state index in [9.17, 15) is 4.21 Å². The highest BCUT2D eigenvalue weighted by molar-refractivity contribution is 7.85. The fourth-order valence-corrected chi connectivity index (χ4v) is 3.53. The molecule has 3 rings (SSSR count). The first-order chi connectivity index (χ1) is 12.8. The number of hydrogen-bond donors (Lipinski definition) is 0. The smallest absolute Gasteiger partial charge is 0.238 e. The molecule has 1 unspecified atom stereocenters. The highest BCUT2D eigenvalue weighted by atomic mass is 32.2. The Labute approximate surface area is 163 Å². The molecule has 1 aliphatic rings. The first-order valence-corrected chi connectivity index (χ1v) is 9.86. The van der Waals surface area contributed by atoms with Gasteiger partial charge in [0.2, 0.25) is 5.90 Å². The summed E-state index contributed by atoms with van der Waals surface area (Å²) in [4.78, 5) is 0. The minimum absolute atomic E-state index is 0.276. The fourth-order valence-electron chi connectivity index (χ4n) is 2.89. The lowest BCUT2D eigenvalue weighted by Gasteiger charge is -2.18. The summed E-state index contributed by atoms with van der Waals surface area (Å²) < 4.78 is 33.6. The Morgan fingerprint density at radius 3 is 2.22 bits per heavy atom. The van der Waals surface area contributed by atoms with Crippen LogP contribution in [0.25, 0.3) is 0 Å². The zero-order valence-electron chi connectivity index (χ0n) is 16.3. The Bertz CT molecular complexity index is 843. The number of rotatable bonds is 5. The van der Waals surface area contributed by atoms with Crippen LogP contribution in [-0.4, -0.2) is 29.1 Å². The summed E-state index contributed by atoms with van der Waals surface area (Å²) in [6.07, 6.45) is -0.276. The zero-order valence-corrected chi connectivity index (χ0v) is 17.1. The molecule has 1 aliphatic heterocycles. The maximum atomic E-state index is 12.6. The molecule has 0 amide bonds. The molecule has 0 aromatic heterocycles. The van der Waals surface area contributed by atoms with E-state index in [0.29, 0.717) is 5.90 Å². The van der Waals surface area contributed by atoms with E-state index in [0.717, 1.165) is 16.9 Å². The first kappa shape index (κ1) is 19.6. The van der Waals surface area contributed by atoms with Gasteiger partial charge in [0.1, 0.15) is 22.8 Å². The van der Waals surface area contributed by atoms with Gasteiger partial charge in [-0.1, -0.05) is 42.5 Å². The van der Waals surface area contributed by atoms with E-state index in [4.69, 9.17) is 14.2 Å². The second-order valence-corrected chi connectivity index (χ2v) is 9.24. The molecule has 0 radical (unpaired) electrons. The molecule has 0 N–H and O–H groups in total. The molecule has 3 atom stereocenters. The predicted octanol–water partition coefficient (Wildman–Crippen LogP) is 4.17. The summed E-state index contributed by atoms with van der Waals surface area (Å²) in [5.41, 5.74) is 1.01. The van der Waals surface area contributed by atoms with Crippen LogP contribution in [-0.2, 0) is 26.1 Å². The molecular formula is C21H25NO4S. The lowest BCUT2D eigenvalue weighted by atomic mass is 9.91. The molecule has 1 saturated heterocycles. The van der Waals surface area contributed by atoms with E-state index in [1.165, 1.54) is 7.11 Å². The number of benzene rings is 2. The third-order valence-corrected chi connectivity index (χ3v) is 5.82. The highest BCUT2D eigenvalue weighted by Gasteiger charge is 2.64. The third kappa shape index (κ3) is 3.77. The van der Waals surface area contributed by atoms with Crippen LogP contribution in [0.1, 0.15) is 38.0 Å². The molecule has 6 heteroatoms. The van der Waals surface area contributed by atoms with Crippen LogP contribution in [0.15, 0.2) is 59.0 Å². The van der Waals surface area contributed by atoms with Crippen LogP contribution in [0.3, 0.4) is 0 Å². The van der Waals surface area contributed by atoms with Crippen molar-refractivity contribution in [3.63, 3.8) is 0 Å². The van der Waals surface area contributed by atoms with Gasteiger partial charge in [0.25, 0.3) is 0 Å². The molecule has 0 spiro atoms. The van der Waals surface area contributed by atoms with Gasteiger partial charge in [0.15, 0.2) is 5.60 Å². The largest absolute Gasteiger partial charge is 0.497 e. The van der Waals surface area contributed by atoms with Gasteiger partial charge in [0.05, 0.1) is 19.0 Å². The standard InChI is InChI=1S/C21H25NO4S/c1-20(2,3)27(23)22-19(25-5)21(16-9-7-6-8-10-16)18(26-21)15-11-13-17(24-4)14-12-15/h6-14,18H,1-5H3/b22-19-/t18-,21+,27?/m1/s1. The maximum Gasteiger partial charge on any atom is 0.238 e. The number of epoxide rings is 1. The van der Waals surface area contributed by atoms with Crippen LogP contribution < -0.4 is 4.74 Å². The molecule has 1 fully saturated rings. The Balaban J connectivity index is 2.05. The summed E-state index contributed by atoms with van der Waals surface area (Å²) in [6.45, 7) is 5.64. The molecule has 2 aromatic rings. The van der Waals surface area contributed by atoms with Gasteiger partial charge in [-0.2, -0.15) is 4.40 Å². The maximum absolute atomic E-state index is 12.6. The Morgan fingerprint density at radius 1 is 1.07 bits per heavy atom. The van der Waals surface area contributed by atoms with Crippen molar-refractivity contribution in [2.45, 2.75) is 37.2 Å². The van der Waals surface area contributed by atoms with Crippen LogP contribution in [0.2, 0.25) is 0 Å². The average Bonchev–Trinajstić information content (AvgIpc) is 3.42. The summed E-state index contributed by atoms with van der Waals surface area (Å²) in [6, 6.07) is 17.5. The summed E-state index contributed by atoms with van der Waals surface area (Å²) in [5.74, 6) is 1.10. The van der Waals surface area contributed by atoms with Crippen molar-refractivity contribution in [1.82, 2.24) is 0 Å². The molecule has 0 aliphatic carbocycles. The quantitative estimate of drug-likeness (QED) is 0.439. The molecule has 0 bridgehead atoms. The lowest BCUT2D eigenvalue weighted by molar-refractivity contribution is 0.295. The summed E-state index contributed by atoms with van der Waals surface area (Å²) in [7, 11) is 1.71. The zero-order chi connectivity index (χ0) is 19.7. The van der Waals surface area contributed by atoms with E-state index in [-0.39, 0.29) is 6.10 Å². The van der Waals surface area contributed by atoms with Gasteiger partial charge in [-0.25, -0.2) is 4.21 Å². The summed E-state index contributed by atoms with van der Waals surface area (Å²) >= 11 is 0. The number of nitrogens with zero attached hydrogens (tertiary/aromatic N) is 1. The Kier molecular flexibility index (Phi) is 5.40. The van der Waals surface area contributed by atoms with Gasteiger partial charge in [-0.05, 0) is 44.0 Å². The molecule has 27 heavy (non-hydrogen) atoms. The second-order valence-electron chi connectivity index (χ2n) is 7.33. The van der Waals surface area contributed by atoms with E-state index in [1.54, 1.807) is 7.11 Å². The lowest BCUT2D eigenvalue weighted by Crippen LogP contribution is -2.28. The van der Waals surface area contributed by atoms with E-state index in [2.05, 4.69) is 4.40 Å². The van der Waals surface area contributed by atoms with Crippen molar-refractivity contribution in [3.05, 3.63) is 65.7 Å². The molecule has 144 valence electrons. The average molecular weight is 388 g/mol. The molecule has 2 aromatic carbocycles. The van der Waals surface area contributed by atoms with Crippen molar-refractivity contribution >= 4 is 16.9 Å². The van der Waals surface area contributed by atoms with Gasteiger partial charge in [-0.15, -0.1) is 0 Å². The van der Waals surface area contributed by atoms with Crippen molar-refractivity contribution < 1.29 is 18.4 Å². The van der Waals surface area contributed by atoms with Gasteiger partial charge >= 0.3 is 0 Å². The topological polar surface area (TPSA) is 60.4 Å². The van der Waals surface area contributed by atoms with Gasteiger partial charge in [0, 0.05) is 0 Å². The number of ether oxygens (including phenoxy) is 3. The first-order valence-electron chi connectivity index (χ1n) is 8.75. The van der Waals surface area contributed by atoms with Crippen molar-refractivity contribution in [2.75, 3.05) is 14.2 Å². The van der Waals surface area contributed by atoms with E-state index in [1.807, 2.05) is 75.4 Å². The normalized spacial score (nSPS) is 23.6. The monoisotopic (exact) mass is 387 g/mol. The van der Waals surface area contributed by atoms with E-state index < -0.39 is 21.3 Å². The minimum Gasteiger partial charge on any atom is -0.497 e.